The van der Waals surface area contributed by atoms with Gasteiger partial charge in [-0.05, 0) is 53.1 Å². The van der Waals surface area contributed by atoms with E-state index in [-0.39, 0.29) is 36.5 Å². The van der Waals surface area contributed by atoms with E-state index in [1.54, 1.807) is 21.3 Å². The van der Waals surface area contributed by atoms with E-state index in [1.165, 1.54) is 11.8 Å². The van der Waals surface area contributed by atoms with E-state index in [2.05, 4.69) is 0 Å². The molecule has 1 fully saturated rings. The van der Waals surface area contributed by atoms with Crippen LogP contribution in [0.3, 0.4) is 0 Å². The number of oxazole rings is 1. The third kappa shape index (κ3) is 3.76. The Balaban J connectivity index is 1.41. The summed E-state index contributed by atoms with van der Waals surface area (Å²) in [4.78, 5) is 18.1. The standard InChI is InChI=1S/C29H25NO8S/c1-32-22-8-14(9-23(33-2)26(22)34-3)24-15-10-20-21(37-13-36-20)11-16(15)27(17-12-35-28(31)25(17)24)39-29-30-18-6-4-5-7-19(18)38-29/h4-11,17,24-25,27H,12-13H2,1-3H3/t17-,24+,25-,27+/m0/s1. The molecule has 3 aromatic carbocycles. The van der Waals surface area contributed by atoms with Crippen LogP contribution in [0.2, 0.25) is 0 Å². The van der Waals surface area contributed by atoms with Gasteiger partial charge in [-0.25, -0.2) is 4.98 Å². The van der Waals surface area contributed by atoms with Gasteiger partial charge in [0.15, 0.2) is 28.6 Å². The van der Waals surface area contributed by atoms with Crippen molar-refractivity contribution in [2.24, 2.45) is 11.8 Å². The number of fused-ring (bicyclic) bond motifs is 4. The van der Waals surface area contributed by atoms with E-state index in [4.69, 9.17) is 37.8 Å². The fourth-order valence-corrected chi connectivity index (χ4v) is 7.21. The zero-order chi connectivity index (χ0) is 26.7. The van der Waals surface area contributed by atoms with Crippen molar-refractivity contribution in [1.29, 1.82) is 0 Å². The van der Waals surface area contributed by atoms with E-state index in [0.717, 1.165) is 22.2 Å². The van der Waals surface area contributed by atoms with Crippen molar-refractivity contribution in [3.8, 4) is 28.7 Å². The van der Waals surface area contributed by atoms with Gasteiger partial charge in [-0.15, -0.1) is 0 Å². The Morgan fingerprint density at radius 3 is 2.31 bits per heavy atom. The number of carbonyl (C=O) groups is 1. The lowest BCUT2D eigenvalue weighted by molar-refractivity contribution is -0.141. The van der Waals surface area contributed by atoms with Crippen LogP contribution in [-0.4, -0.2) is 45.7 Å². The van der Waals surface area contributed by atoms with Crippen molar-refractivity contribution < 1.29 is 37.6 Å². The number of rotatable bonds is 6. The molecule has 10 heteroatoms. The summed E-state index contributed by atoms with van der Waals surface area (Å²) in [5.41, 5.74) is 4.32. The summed E-state index contributed by atoms with van der Waals surface area (Å²) in [6.45, 7) is 0.432. The van der Waals surface area contributed by atoms with Crippen molar-refractivity contribution in [3.63, 3.8) is 0 Å². The number of carbonyl (C=O) groups excluding carboxylic acids is 1. The van der Waals surface area contributed by atoms with Crippen LogP contribution in [0.1, 0.15) is 27.9 Å². The van der Waals surface area contributed by atoms with E-state index >= 15 is 0 Å². The van der Waals surface area contributed by atoms with E-state index in [1.807, 2.05) is 48.5 Å². The van der Waals surface area contributed by atoms with Crippen LogP contribution in [0.4, 0.5) is 0 Å². The minimum absolute atomic E-state index is 0.144. The van der Waals surface area contributed by atoms with Crippen LogP contribution in [0, 0.1) is 11.8 Å². The molecule has 4 aromatic rings. The number of aromatic nitrogens is 1. The molecule has 2 aliphatic heterocycles. The Bertz CT molecular complexity index is 1540. The minimum Gasteiger partial charge on any atom is -0.493 e. The highest BCUT2D eigenvalue weighted by Gasteiger charge is 2.53. The SMILES string of the molecule is COc1cc([C@@H]2c3cc4c(cc3[C@@H](Sc3nc5ccccc5o3)[C@H]3COC(=O)[C@H]23)OCO4)cc(OC)c1OC. The topological polar surface area (TPSA) is 98.5 Å². The van der Waals surface area contributed by atoms with Crippen LogP contribution in [0.15, 0.2) is 58.2 Å². The molecule has 7 rings (SSSR count). The van der Waals surface area contributed by atoms with Gasteiger partial charge < -0.3 is 32.8 Å². The molecule has 1 aromatic heterocycles. The van der Waals surface area contributed by atoms with Crippen LogP contribution < -0.4 is 23.7 Å². The first-order valence-electron chi connectivity index (χ1n) is 12.5. The highest BCUT2D eigenvalue weighted by Crippen LogP contribution is 2.60. The lowest BCUT2D eigenvalue weighted by Crippen LogP contribution is -2.33. The van der Waals surface area contributed by atoms with Gasteiger partial charge in [0.05, 0.1) is 33.9 Å². The largest absolute Gasteiger partial charge is 0.493 e. The lowest BCUT2D eigenvalue weighted by atomic mass is 9.67. The average Bonchev–Trinajstić information content (AvgIpc) is 3.69. The molecule has 1 saturated heterocycles. The number of benzene rings is 3. The molecule has 4 atom stereocenters. The predicted molar refractivity (Wildman–Crippen MR) is 141 cm³/mol. The summed E-state index contributed by atoms with van der Waals surface area (Å²) in [6.07, 6.45) is 0. The molecule has 0 N–H and O–H groups in total. The summed E-state index contributed by atoms with van der Waals surface area (Å²) in [5, 5.41) is 0.367. The lowest BCUT2D eigenvalue weighted by Gasteiger charge is -2.38. The van der Waals surface area contributed by atoms with Crippen LogP contribution in [0.25, 0.3) is 11.1 Å². The van der Waals surface area contributed by atoms with Gasteiger partial charge in [-0.3, -0.25) is 4.79 Å². The first-order valence-corrected chi connectivity index (χ1v) is 13.4. The fourth-order valence-electron chi connectivity index (χ4n) is 5.95. The van der Waals surface area contributed by atoms with E-state index in [0.29, 0.717) is 39.6 Å². The molecule has 0 radical (unpaired) electrons. The number of para-hydroxylation sites is 2. The second-order valence-corrected chi connectivity index (χ2v) is 10.7. The molecule has 9 nitrogen and oxygen atoms in total. The molecule has 1 aliphatic carbocycles. The first-order chi connectivity index (χ1) is 19.1. The molecule has 0 bridgehead atoms. The third-order valence-corrected chi connectivity index (χ3v) is 8.90. The maximum atomic E-state index is 13.4. The minimum atomic E-state index is -0.456. The Labute approximate surface area is 228 Å². The van der Waals surface area contributed by atoms with Crippen molar-refractivity contribution in [1.82, 2.24) is 4.98 Å². The molecule has 0 unspecified atom stereocenters. The zero-order valence-electron chi connectivity index (χ0n) is 21.5. The average molecular weight is 548 g/mol. The van der Waals surface area contributed by atoms with E-state index in [9.17, 15) is 4.79 Å². The highest BCUT2D eigenvalue weighted by atomic mass is 32.2. The molecule has 200 valence electrons. The quantitative estimate of drug-likeness (QED) is 0.294. The number of hydrogen-bond donors (Lipinski definition) is 0. The summed E-state index contributed by atoms with van der Waals surface area (Å²) < 4.78 is 40.2. The van der Waals surface area contributed by atoms with Crippen LogP contribution in [-0.2, 0) is 9.53 Å². The molecular formula is C29H25NO8S. The number of nitrogens with zero attached hydrogens (tertiary/aromatic N) is 1. The summed E-state index contributed by atoms with van der Waals surface area (Å²) in [7, 11) is 4.72. The maximum absolute atomic E-state index is 13.4. The number of ether oxygens (including phenoxy) is 6. The maximum Gasteiger partial charge on any atom is 0.310 e. The van der Waals surface area contributed by atoms with Gasteiger partial charge in [0.25, 0.3) is 5.22 Å². The Morgan fingerprint density at radius 2 is 1.62 bits per heavy atom. The normalized spacial score (nSPS) is 22.8. The zero-order valence-corrected chi connectivity index (χ0v) is 22.3. The number of esters is 1. The Hall–Kier alpha value is -4.05. The molecular weight excluding hydrogens is 522 g/mol. The predicted octanol–water partition coefficient (Wildman–Crippen LogP) is 5.35. The third-order valence-electron chi connectivity index (χ3n) is 7.67. The first kappa shape index (κ1) is 24.0. The van der Waals surface area contributed by atoms with Crippen molar-refractivity contribution in [2.45, 2.75) is 16.4 Å². The summed E-state index contributed by atoms with van der Waals surface area (Å²) >= 11 is 1.50. The van der Waals surface area contributed by atoms with Gasteiger partial charge in [-0.1, -0.05) is 23.9 Å². The van der Waals surface area contributed by atoms with Gasteiger partial charge in [0.2, 0.25) is 12.5 Å². The Kier molecular flexibility index (Phi) is 5.73. The smallest absolute Gasteiger partial charge is 0.310 e. The Morgan fingerprint density at radius 1 is 0.897 bits per heavy atom. The highest BCUT2D eigenvalue weighted by molar-refractivity contribution is 7.99. The van der Waals surface area contributed by atoms with Gasteiger partial charge in [0.1, 0.15) is 5.52 Å². The number of hydrogen-bond acceptors (Lipinski definition) is 10. The summed E-state index contributed by atoms with van der Waals surface area (Å²) in [5.74, 6) is 1.64. The number of thioether (sulfide) groups is 1. The molecule has 39 heavy (non-hydrogen) atoms. The van der Waals surface area contributed by atoms with Gasteiger partial charge in [-0.2, -0.15) is 0 Å². The molecule has 3 heterocycles. The van der Waals surface area contributed by atoms with Crippen LogP contribution >= 0.6 is 11.8 Å². The van der Waals surface area contributed by atoms with E-state index < -0.39 is 5.92 Å². The second kappa shape index (κ2) is 9.30. The second-order valence-electron chi connectivity index (χ2n) is 9.58. The van der Waals surface area contributed by atoms with Crippen molar-refractivity contribution in [3.05, 3.63) is 65.2 Å². The monoisotopic (exact) mass is 547 g/mol. The number of methoxy groups -OCH3 is 3. The summed E-state index contributed by atoms with van der Waals surface area (Å²) in [6, 6.07) is 15.5. The number of cyclic esters (lactones) is 1. The van der Waals surface area contributed by atoms with Gasteiger partial charge >= 0.3 is 5.97 Å². The van der Waals surface area contributed by atoms with Crippen LogP contribution in [0.5, 0.6) is 28.7 Å². The molecule has 3 aliphatic rings. The van der Waals surface area contributed by atoms with Crippen molar-refractivity contribution in [2.75, 3.05) is 34.7 Å². The van der Waals surface area contributed by atoms with Gasteiger partial charge in [0, 0.05) is 17.1 Å². The molecule has 0 saturated carbocycles. The fraction of sp³-hybridized carbons (Fsp3) is 0.310. The van der Waals surface area contributed by atoms with Crippen molar-refractivity contribution >= 4 is 28.8 Å². The molecule has 0 spiro atoms. The molecule has 0 amide bonds.